The summed E-state index contributed by atoms with van der Waals surface area (Å²) in [5.74, 6) is 0.942. The molecule has 0 aliphatic carbocycles. The van der Waals surface area contributed by atoms with Crippen LogP contribution in [-0.2, 0) is 0 Å². The first kappa shape index (κ1) is 14.8. The van der Waals surface area contributed by atoms with Crippen molar-refractivity contribution in [2.75, 3.05) is 31.5 Å². The Bertz CT molecular complexity index is 782. The number of piperazine rings is 1. The largest absolute Gasteiger partial charge is 0.353 e. The van der Waals surface area contributed by atoms with Crippen LogP contribution in [0.2, 0.25) is 10.0 Å². The normalized spacial score (nSPS) is 16.8. The molecule has 4 nitrogen and oxygen atoms in total. The third-order valence-corrected chi connectivity index (χ3v) is 4.56. The molecule has 0 aromatic heterocycles. The molecule has 6 heteroatoms. The van der Waals surface area contributed by atoms with Crippen molar-refractivity contribution < 1.29 is 0 Å². The topological polar surface area (TPSA) is 39.7 Å². The number of rotatable bonds is 0. The zero-order chi connectivity index (χ0) is 15.8. The van der Waals surface area contributed by atoms with Crippen LogP contribution in [0.5, 0.6) is 0 Å². The number of hydrogen-bond acceptors (Lipinski definition) is 4. The van der Waals surface area contributed by atoms with Gasteiger partial charge in [0.1, 0.15) is 5.84 Å². The molecule has 23 heavy (non-hydrogen) atoms. The summed E-state index contributed by atoms with van der Waals surface area (Å²) < 4.78 is 0. The van der Waals surface area contributed by atoms with E-state index in [1.165, 1.54) is 0 Å². The summed E-state index contributed by atoms with van der Waals surface area (Å²) in [5.41, 5.74) is 3.82. The summed E-state index contributed by atoms with van der Waals surface area (Å²) in [5, 5.41) is 8.21. The lowest BCUT2D eigenvalue weighted by molar-refractivity contribution is 0.358. The second kappa shape index (κ2) is 6.04. The van der Waals surface area contributed by atoms with Gasteiger partial charge in [-0.15, -0.1) is 0 Å². The van der Waals surface area contributed by atoms with Gasteiger partial charge >= 0.3 is 0 Å². The molecule has 0 atom stereocenters. The Hall–Kier alpha value is -1.75. The predicted molar refractivity (Wildman–Crippen MR) is 96.8 cm³/mol. The highest BCUT2D eigenvalue weighted by Crippen LogP contribution is 2.37. The van der Waals surface area contributed by atoms with E-state index in [4.69, 9.17) is 28.2 Å². The lowest BCUT2D eigenvalue weighted by Crippen LogP contribution is -2.46. The van der Waals surface area contributed by atoms with Crippen LogP contribution < -0.4 is 10.6 Å². The minimum atomic E-state index is 0.679. The summed E-state index contributed by atoms with van der Waals surface area (Å²) in [6, 6.07) is 11.6. The maximum Gasteiger partial charge on any atom is 0.138 e. The van der Waals surface area contributed by atoms with Crippen LogP contribution in [0.1, 0.15) is 5.56 Å². The van der Waals surface area contributed by atoms with Crippen molar-refractivity contribution in [2.24, 2.45) is 4.99 Å². The Morgan fingerprint density at radius 1 is 0.913 bits per heavy atom. The molecule has 1 saturated heterocycles. The predicted octanol–water partition coefficient (Wildman–Crippen LogP) is 4.03. The molecule has 0 radical (unpaired) electrons. The highest BCUT2D eigenvalue weighted by Gasteiger charge is 2.23. The van der Waals surface area contributed by atoms with Gasteiger partial charge in [-0.1, -0.05) is 23.2 Å². The van der Waals surface area contributed by atoms with Gasteiger partial charge in [0.2, 0.25) is 0 Å². The molecule has 0 amide bonds. The Kier molecular flexibility index (Phi) is 3.89. The molecule has 2 aliphatic heterocycles. The average Bonchev–Trinajstić information content (AvgIpc) is 2.72. The van der Waals surface area contributed by atoms with Gasteiger partial charge < -0.3 is 15.5 Å². The maximum absolute atomic E-state index is 6.24. The van der Waals surface area contributed by atoms with Crippen LogP contribution in [0.3, 0.4) is 0 Å². The van der Waals surface area contributed by atoms with Crippen molar-refractivity contribution in [1.29, 1.82) is 0 Å². The van der Waals surface area contributed by atoms with Gasteiger partial charge in [0.05, 0.1) is 11.4 Å². The number of aliphatic imine (C=N–C) groups is 1. The molecule has 0 unspecified atom stereocenters. The first-order valence-corrected chi connectivity index (χ1v) is 8.37. The van der Waals surface area contributed by atoms with Crippen molar-refractivity contribution in [2.45, 2.75) is 0 Å². The van der Waals surface area contributed by atoms with Crippen LogP contribution in [0, 0.1) is 0 Å². The Morgan fingerprint density at radius 2 is 1.61 bits per heavy atom. The molecule has 0 saturated carbocycles. The number of anilines is 2. The van der Waals surface area contributed by atoms with Gasteiger partial charge in [0.15, 0.2) is 0 Å². The smallest absolute Gasteiger partial charge is 0.138 e. The van der Waals surface area contributed by atoms with Crippen molar-refractivity contribution in [3.63, 3.8) is 0 Å². The van der Waals surface area contributed by atoms with Gasteiger partial charge in [-0.2, -0.15) is 0 Å². The summed E-state index contributed by atoms with van der Waals surface area (Å²) in [4.78, 5) is 7.21. The zero-order valence-corrected chi connectivity index (χ0v) is 14.0. The lowest BCUT2D eigenvalue weighted by Gasteiger charge is -2.30. The van der Waals surface area contributed by atoms with Crippen LogP contribution in [0.25, 0.3) is 0 Å². The lowest BCUT2D eigenvalue weighted by atomic mass is 10.1. The first-order valence-electron chi connectivity index (χ1n) is 7.61. The van der Waals surface area contributed by atoms with Crippen molar-refractivity contribution in [3.05, 3.63) is 52.0 Å². The number of nitrogens with one attached hydrogen (secondary N) is 2. The van der Waals surface area contributed by atoms with E-state index in [9.17, 15) is 0 Å². The Labute approximate surface area is 145 Å². The minimum Gasteiger partial charge on any atom is -0.353 e. The van der Waals surface area contributed by atoms with E-state index in [-0.39, 0.29) is 0 Å². The molecule has 2 aromatic rings. The Balaban J connectivity index is 1.89. The number of halogens is 2. The minimum absolute atomic E-state index is 0.679. The SMILES string of the molecule is Clc1ccc2c(c1)N=C(N1CCNCC1)c1cc(Cl)ccc1N2. The number of fused-ring (bicyclic) bond motifs is 2. The van der Waals surface area contributed by atoms with E-state index in [0.29, 0.717) is 10.0 Å². The van der Waals surface area contributed by atoms with Crippen molar-refractivity contribution in [3.8, 4) is 0 Å². The van der Waals surface area contributed by atoms with Crippen LogP contribution in [-0.4, -0.2) is 36.9 Å². The van der Waals surface area contributed by atoms with Gasteiger partial charge in [-0.25, -0.2) is 4.99 Å². The standard InChI is InChI=1S/C17H16Cl2N4/c18-11-1-3-14-13(9-11)17(23-7-5-20-6-8-23)22-16-10-12(19)2-4-15(16)21-14/h1-4,9-10,20-21H,5-8H2. The van der Waals surface area contributed by atoms with Gasteiger partial charge in [-0.3, -0.25) is 0 Å². The van der Waals surface area contributed by atoms with E-state index >= 15 is 0 Å². The number of nitrogens with zero attached hydrogens (tertiary/aromatic N) is 2. The maximum atomic E-state index is 6.24. The van der Waals surface area contributed by atoms with E-state index < -0.39 is 0 Å². The summed E-state index contributed by atoms with van der Waals surface area (Å²) in [6.07, 6.45) is 0. The van der Waals surface area contributed by atoms with Crippen molar-refractivity contribution in [1.82, 2.24) is 10.2 Å². The third-order valence-electron chi connectivity index (χ3n) is 4.09. The fraction of sp³-hybridized carbons (Fsp3) is 0.235. The van der Waals surface area contributed by atoms with Gasteiger partial charge in [0.25, 0.3) is 0 Å². The average molecular weight is 347 g/mol. The van der Waals surface area contributed by atoms with Gasteiger partial charge in [-0.05, 0) is 36.4 Å². The highest BCUT2D eigenvalue weighted by molar-refractivity contribution is 6.31. The van der Waals surface area contributed by atoms with Crippen molar-refractivity contribution >= 4 is 46.1 Å². The second-order valence-electron chi connectivity index (χ2n) is 5.65. The summed E-state index contributed by atoms with van der Waals surface area (Å²) in [6.45, 7) is 3.73. The highest BCUT2D eigenvalue weighted by atomic mass is 35.5. The summed E-state index contributed by atoms with van der Waals surface area (Å²) >= 11 is 12.4. The Morgan fingerprint density at radius 3 is 2.39 bits per heavy atom. The molecule has 2 aromatic carbocycles. The molecule has 2 aliphatic rings. The molecular weight excluding hydrogens is 331 g/mol. The molecule has 118 valence electrons. The monoisotopic (exact) mass is 346 g/mol. The second-order valence-corrected chi connectivity index (χ2v) is 6.52. The summed E-state index contributed by atoms with van der Waals surface area (Å²) in [7, 11) is 0. The molecule has 0 spiro atoms. The van der Waals surface area contributed by atoms with Gasteiger partial charge in [0, 0.05) is 47.5 Å². The molecule has 1 fully saturated rings. The van der Waals surface area contributed by atoms with E-state index in [1.807, 2.05) is 36.4 Å². The van der Waals surface area contributed by atoms with E-state index in [2.05, 4.69) is 15.5 Å². The molecule has 4 rings (SSSR count). The fourth-order valence-electron chi connectivity index (χ4n) is 2.95. The number of amidine groups is 1. The number of benzene rings is 2. The number of hydrogen-bond donors (Lipinski definition) is 2. The van der Waals surface area contributed by atoms with Crippen LogP contribution in [0.4, 0.5) is 17.1 Å². The quantitative estimate of drug-likeness (QED) is 0.756. The van der Waals surface area contributed by atoms with E-state index in [1.54, 1.807) is 0 Å². The molecule has 0 bridgehead atoms. The third kappa shape index (κ3) is 2.90. The molecule has 2 heterocycles. The van der Waals surface area contributed by atoms with Crippen LogP contribution >= 0.6 is 23.2 Å². The fourth-order valence-corrected chi connectivity index (χ4v) is 3.29. The van der Waals surface area contributed by atoms with E-state index in [0.717, 1.165) is 54.6 Å². The molecular formula is C17H16Cl2N4. The molecule has 2 N–H and O–H groups in total. The first-order chi connectivity index (χ1) is 11.2. The zero-order valence-electron chi connectivity index (χ0n) is 12.4. The van der Waals surface area contributed by atoms with Crippen LogP contribution in [0.15, 0.2) is 41.4 Å².